The summed E-state index contributed by atoms with van der Waals surface area (Å²) in [4.78, 5) is 31.6. The minimum atomic E-state index is -0.0700. The Morgan fingerprint density at radius 2 is 1.70 bits per heavy atom. The largest absolute Gasteiger partial charge is 0.349 e. The highest BCUT2D eigenvalue weighted by molar-refractivity contribution is 5.97. The van der Waals surface area contributed by atoms with E-state index in [0.717, 1.165) is 41.0 Å². The lowest BCUT2D eigenvalue weighted by Gasteiger charge is -2.18. The third kappa shape index (κ3) is 4.37. The van der Waals surface area contributed by atoms with Crippen LogP contribution in [0.15, 0.2) is 72.8 Å². The molecule has 5 rings (SSSR count). The molecule has 0 aliphatic heterocycles. The molecule has 0 spiro atoms. The number of carbonyl (C=O) groups excluding carboxylic acids is 2. The molecule has 3 aromatic carbocycles. The number of carbonyl (C=O) groups is 2. The summed E-state index contributed by atoms with van der Waals surface area (Å²) in [7, 11) is 1.79. The molecule has 1 aliphatic rings. The van der Waals surface area contributed by atoms with Crippen molar-refractivity contribution in [2.45, 2.75) is 32.4 Å². The molecule has 0 atom stereocenters. The van der Waals surface area contributed by atoms with Gasteiger partial charge in [0.25, 0.3) is 11.8 Å². The second-order valence-corrected chi connectivity index (χ2v) is 8.64. The second kappa shape index (κ2) is 8.54. The maximum atomic E-state index is 13.1. The smallest absolute Gasteiger partial charge is 0.253 e. The number of hydrogen-bond donors (Lipinski definition) is 1. The molecule has 1 aliphatic carbocycles. The Labute approximate surface area is 192 Å². The molecule has 0 unspecified atom stereocenters. The summed E-state index contributed by atoms with van der Waals surface area (Å²) in [5.74, 6) is 0.770. The second-order valence-electron chi connectivity index (χ2n) is 8.64. The van der Waals surface area contributed by atoms with Crippen molar-refractivity contribution in [2.24, 2.45) is 0 Å². The number of nitrogens with zero attached hydrogens (tertiary/aromatic N) is 3. The molecule has 166 valence electrons. The summed E-state index contributed by atoms with van der Waals surface area (Å²) in [5, 5.41) is 2.99. The Hall–Kier alpha value is -3.93. The lowest BCUT2D eigenvalue weighted by Crippen LogP contribution is -2.26. The Bertz CT molecular complexity index is 1320. The molecule has 1 heterocycles. The monoisotopic (exact) mass is 438 g/mol. The van der Waals surface area contributed by atoms with E-state index in [-0.39, 0.29) is 11.8 Å². The van der Waals surface area contributed by atoms with E-state index in [1.165, 1.54) is 0 Å². The Balaban J connectivity index is 1.31. The normalized spacial score (nSPS) is 13.2. The molecule has 1 fully saturated rings. The zero-order valence-corrected chi connectivity index (χ0v) is 18.8. The highest BCUT2D eigenvalue weighted by atomic mass is 16.2. The quantitative estimate of drug-likeness (QED) is 0.482. The van der Waals surface area contributed by atoms with Crippen molar-refractivity contribution in [1.29, 1.82) is 0 Å². The molecular formula is C27H26N4O2. The number of aryl methyl sites for hydroxylation is 1. The highest BCUT2D eigenvalue weighted by Crippen LogP contribution is 2.23. The van der Waals surface area contributed by atoms with Crippen molar-refractivity contribution >= 4 is 22.8 Å². The predicted molar refractivity (Wildman–Crippen MR) is 129 cm³/mol. The number of hydrogen-bond acceptors (Lipinski definition) is 3. The molecule has 33 heavy (non-hydrogen) atoms. The maximum Gasteiger partial charge on any atom is 0.253 e. The summed E-state index contributed by atoms with van der Waals surface area (Å²) in [6, 6.07) is 23.5. The van der Waals surface area contributed by atoms with Gasteiger partial charge in [-0.25, -0.2) is 4.98 Å². The lowest BCUT2D eigenvalue weighted by atomic mass is 10.1. The van der Waals surface area contributed by atoms with E-state index in [0.29, 0.717) is 23.7 Å². The number of rotatable bonds is 6. The van der Waals surface area contributed by atoms with E-state index in [1.807, 2.05) is 79.7 Å². The van der Waals surface area contributed by atoms with Crippen LogP contribution in [0.4, 0.5) is 0 Å². The summed E-state index contributed by atoms with van der Waals surface area (Å²) >= 11 is 0. The van der Waals surface area contributed by atoms with Crippen molar-refractivity contribution < 1.29 is 9.59 Å². The van der Waals surface area contributed by atoms with E-state index in [1.54, 1.807) is 11.9 Å². The van der Waals surface area contributed by atoms with E-state index in [2.05, 4.69) is 14.9 Å². The molecule has 6 nitrogen and oxygen atoms in total. The van der Waals surface area contributed by atoms with E-state index < -0.39 is 0 Å². The fraction of sp³-hybridized carbons (Fsp3) is 0.222. The average molecular weight is 439 g/mol. The number of imidazole rings is 1. The van der Waals surface area contributed by atoms with Gasteiger partial charge in [0, 0.05) is 36.4 Å². The van der Waals surface area contributed by atoms with Gasteiger partial charge in [0.2, 0.25) is 0 Å². The number of aromatic nitrogens is 2. The van der Waals surface area contributed by atoms with Gasteiger partial charge < -0.3 is 10.2 Å². The standard InChI is InChI=1S/C27H26N4O2/c1-18-28-24-16-21(12-15-25(24)31(18)23-6-4-3-5-7-23)27(33)30(2)17-19-8-10-20(11-9-19)26(32)29-22-13-14-22/h3-12,15-16,22H,13-14,17H2,1-2H3,(H,29,32). The van der Waals surface area contributed by atoms with Crippen LogP contribution in [0, 0.1) is 6.92 Å². The van der Waals surface area contributed by atoms with Crippen molar-refractivity contribution in [1.82, 2.24) is 19.8 Å². The minimum Gasteiger partial charge on any atom is -0.349 e. The van der Waals surface area contributed by atoms with Crippen LogP contribution >= 0.6 is 0 Å². The van der Waals surface area contributed by atoms with Crippen molar-refractivity contribution in [3.63, 3.8) is 0 Å². The van der Waals surface area contributed by atoms with Gasteiger partial charge in [-0.1, -0.05) is 30.3 Å². The predicted octanol–water partition coefficient (Wildman–Crippen LogP) is 4.50. The molecule has 1 N–H and O–H groups in total. The molecule has 0 saturated heterocycles. The van der Waals surface area contributed by atoms with Crippen LogP contribution in [0.3, 0.4) is 0 Å². The maximum absolute atomic E-state index is 13.1. The van der Waals surface area contributed by atoms with Gasteiger partial charge in [-0.2, -0.15) is 0 Å². The van der Waals surface area contributed by atoms with Crippen LogP contribution in [0.2, 0.25) is 0 Å². The Morgan fingerprint density at radius 3 is 2.39 bits per heavy atom. The van der Waals surface area contributed by atoms with Gasteiger partial charge in [-0.05, 0) is 67.8 Å². The fourth-order valence-electron chi connectivity index (χ4n) is 4.06. The van der Waals surface area contributed by atoms with Crippen LogP contribution in [-0.4, -0.2) is 39.4 Å². The summed E-state index contributed by atoms with van der Waals surface area (Å²) in [6.45, 7) is 2.42. The number of para-hydroxylation sites is 1. The summed E-state index contributed by atoms with van der Waals surface area (Å²) in [5.41, 5.74) is 5.03. The average Bonchev–Trinajstić information content (AvgIpc) is 3.58. The summed E-state index contributed by atoms with van der Waals surface area (Å²) < 4.78 is 2.09. The first kappa shape index (κ1) is 20.9. The lowest BCUT2D eigenvalue weighted by molar-refractivity contribution is 0.0784. The van der Waals surface area contributed by atoms with Crippen molar-refractivity contribution in [3.8, 4) is 5.69 Å². The number of benzene rings is 3. The van der Waals surface area contributed by atoms with E-state index in [9.17, 15) is 9.59 Å². The van der Waals surface area contributed by atoms with Crippen LogP contribution in [0.25, 0.3) is 16.7 Å². The molecule has 6 heteroatoms. The number of amides is 2. The van der Waals surface area contributed by atoms with Gasteiger partial charge in [0.1, 0.15) is 5.82 Å². The molecule has 0 radical (unpaired) electrons. The van der Waals surface area contributed by atoms with Gasteiger partial charge >= 0.3 is 0 Å². The number of fused-ring (bicyclic) bond motifs is 1. The zero-order chi connectivity index (χ0) is 22.9. The van der Waals surface area contributed by atoms with Crippen LogP contribution in [-0.2, 0) is 6.54 Å². The third-order valence-electron chi connectivity index (χ3n) is 5.98. The zero-order valence-electron chi connectivity index (χ0n) is 18.8. The molecule has 0 bridgehead atoms. The van der Waals surface area contributed by atoms with Gasteiger partial charge in [0.05, 0.1) is 11.0 Å². The first-order chi connectivity index (χ1) is 16.0. The van der Waals surface area contributed by atoms with Gasteiger partial charge in [0.15, 0.2) is 0 Å². The topological polar surface area (TPSA) is 67.2 Å². The van der Waals surface area contributed by atoms with Crippen molar-refractivity contribution in [2.75, 3.05) is 7.05 Å². The minimum absolute atomic E-state index is 0.0352. The molecule has 1 saturated carbocycles. The molecule has 1 aromatic heterocycles. The van der Waals surface area contributed by atoms with Gasteiger partial charge in [-0.15, -0.1) is 0 Å². The Morgan fingerprint density at radius 1 is 1.00 bits per heavy atom. The third-order valence-corrected chi connectivity index (χ3v) is 5.98. The first-order valence-electron chi connectivity index (χ1n) is 11.2. The number of nitrogens with one attached hydrogen (secondary N) is 1. The van der Waals surface area contributed by atoms with E-state index in [4.69, 9.17) is 0 Å². The van der Waals surface area contributed by atoms with Gasteiger partial charge in [-0.3, -0.25) is 14.2 Å². The van der Waals surface area contributed by atoms with E-state index >= 15 is 0 Å². The van der Waals surface area contributed by atoms with Crippen LogP contribution < -0.4 is 5.32 Å². The fourth-order valence-corrected chi connectivity index (χ4v) is 4.06. The van der Waals surface area contributed by atoms with Crippen molar-refractivity contribution in [3.05, 3.63) is 95.3 Å². The Kier molecular flexibility index (Phi) is 5.42. The SMILES string of the molecule is Cc1nc2cc(C(=O)N(C)Cc3ccc(C(=O)NC4CC4)cc3)ccc2n1-c1ccccc1. The van der Waals surface area contributed by atoms with Crippen LogP contribution in [0.5, 0.6) is 0 Å². The summed E-state index contributed by atoms with van der Waals surface area (Å²) in [6.07, 6.45) is 2.13. The molecule has 2 amide bonds. The van der Waals surface area contributed by atoms with Crippen LogP contribution in [0.1, 0.15) is 44.9 Å². The first-order valence-corrected chi connectivity index (χ1v) is 11.2. The highest BCUT2D eigenvalue weighted by Gasteiger charge is 2.23. The molecule has 4 aromatic rings. The molecular weight excluding hydrogens is 412 g/mol.